The Morgan fingerprint density at radius 3 is 3.00 bits per heavy atom. The lowest BCUT2D eigenvalue weighted by molar-refractivity contribution is -0.123. The molecule has 1 atom stereocenters. The molecule has 52 valence electrons. The van der Waals surface area contributed by atoms with Gasteiger partial charge in [0.25, 0.3) is 0 Å². The van der Waals surface area contributed by atoms with Gasteiger partial charge in [-0.15, -0.1) is 0 Å². The Kier molecular flexibility index (Phi) is 2.05. The van der Waals surface area contributed by atoms with Crippen LogP contribution in [0.2, 0.25) is 0 Å². The van der Waals surface area contributed by atoms with Crippen LogP contribution < -0.4 is 5.32 Å². The Morgan fingerprint density at radius 2 is 2.56 bits per heavy atom. The third-order valence-corrected chi connectivity index (χ3v) is 1.63. The average Bonchev–Trinajstić information content (AvgIpc) is 1.90. The monoisotopic (exact) mass is 129 g/mol. The number of nitrogens with one attached hydrogen (secondary N) is 1. The molecule has 0 bridgehead atoms. The Morgan fingerprint density at radius 1 is 1.78 bits per heavy atom. The fourth-order valence-corrected chi connectivity index (χ4v) is 0.940. The van der Waals surface area contributed by atoms with E-state index in [-0.39, 0.29) is 12.5 Å². The molecule has 0 aromatic heterocycles. The molecule has 0 aromatic carbocycles. The number of amides is 1. The van der Waals surface area contributed by atoms with Crippen molar-refractivity contribution in [2.75, 3.05) is 13.2 Å². The molecule has 1 amide bonds. The Labute approximate surface area is 54.1 Å². The van der Waals surface area contributed by atoms with Crippen molar-refractivity contribution in [1.29, 1.82) is 0 Å². The summed E-state index contributed by atoms with van der Waals surface area (Å²) in [7, 11) is 0. The summed E-state index contributed by atoms with van der Waals surface area (Å²) in [5.41, 5.74) is 0. The van der Waals surface area contributed by atoms with Crippen molar-refractivity contribution in [2.45, 2.75) is 12.8 Å². The van der Waals surface area contributed by atoms with E-state index in [9.17, 15) is 4.79 Å². The first-order chi connectivity index (χ1) is 4.33. The van der Waals surface area contributed by atoms with Gasteiger partial charge >= 0.3 is 0 Å². The molecule has 0 radical (unpaired) electrons. The summed E-state index contributed by atoms with van der Waals surface area (Å²) in [6.45, 7) is 0.843. The third kappa shape index (κ3) is 1.68. The van der Waals surface area contributed by atoms with Gasteiger partial charge in [0.1, 0.15) is 0 Å². The lowest BCUT2D eigenvalue weighted by Crippen LogP contribution is -2.36. The van der Waals surface area contributed by atoms with Crippen molar-refractivity contribution in [3.63, 3.8) is 0 Å². The molecule has 1 rings (SSSR count). The Balaban J connectivity index is 2.26. The zero-order valence-corrected chi connectivity index (χ0v) is 5.26. The van der Waals surface area contributed by atoms with Gasteiger partial charge in [0.15, 0.2) is 0 Å². The van der Waals surface area contributed by atoms with Crippen LogP contribution in [0.1, 0.15) is 12.8 Å². The smallest absolute Gasteiger partial charge is 0.220 e. The van der Waals surface area contributed by atoms with Gasteiger partial charge in [0, 0.05) is 19.6 Å². The third-order valence-electron chi connectivity index (χ3n) is 1.63. The van der Waals surface area contributed by atoms with E-state index in [1.165, 1.54) is 0 Å². The molecule has 1 saturated heterocycles. The molecule has 1 aliphatic rings. The predicted molar refractivity (Wildman–Crippen MR) is 32.8 cm³/mol. The number of aliphatic hydroxyl groups is 1. The number of rotatable bonds is 1. The van der Waals surface area contributed by atoms with Gasteiger partial charge in [-0.3, -0.25) is 4.79 Å². The van der Waals surface area contributed by atoms with E-state index in [0.29, 0.717) is 18.9 Å². The van der Waals surface area contributed by atoms with Gasteiger partial charge in [0.05, 0.1) is 0 Å². The molecule has 2 N–H and O–H groups in total. The van der Waals surface area contributed by atoms with Crippen molar-refractivity contribution in [3.8, 4) is 0 Å². The first-order valence-electron chi connectivity index (χ1n) is 3.20. The van der Waals surface area contributed by atoms with E-state index in [2.05, 4.69) is 5.32 Å². The first kappa shape index (κ1) is 6.55. The van der Waals surface area contributed by atoms with E-state index in [1.54, 1.807) is 0 Å². The molecule has 0 saturated carbocycles. The fraction of sp³-hybridized carbons (Fsp3) is 0.833. The van der Waals surface area contributed by atoms with Crippen LogP contribution in [0.3, 0.4) is 0 Å². The molecular weight excluding hydrogens is 118 g/mol. The highest BCUT2D eigenvalue weighted by molar-refractivity contribution is 5.76. The Bertz CT molecular complexity index is 104. The molecule has 1 fully saturated rings. The van der Waals surface area contributed by atoms with Gasteiger partial charge in [-0.2, -0.15) is 0 Å². The molecule has 0 aromatic rings. The van der Waals surface area contributed by atoms with Gasteiger partial charge in [0.2, 0.25) is 5.91 Å². The van der Waals surface area contributed by atoms with Crippen LogP contribution in [0.5, 0.6) is 0 Å². The molecule has 3 heteroatoms. The topological polar surface area (TPSA) is 49.3 Å². The number of hydrogen-bond acceptors (Lipinski definition) is 2. The molecule has 0 aliphatic carbocycles. The Hall–Kier alpha value is -0.570. The van der Waals surface area contributed by atoms with E-state index in [1.807, 2.05) is 0 Å². The van der Waals surface area contributed by atoms with Crippen LogP contribution in [0.15, 0.2) is 0 Å². The van der Waals surface area contributed by atoms with Crippen LogP contribution >= 0.6 is 0 Å². The maximum atomic E-state index is 10.5. The minimum Gasteiger partial charge on any atom is -0.396 e. The zero-order chi connectivity index (χ0) is 6.69. The van der Waals surface area contributed by atoms with Crippen molar-refractivity contribution in [1.82, 2.24) is 5.32 Å². The highest BCUT2D eigenvalue weighted by atomic mass is 16.3. The molecule has 1 heterocycles. The second kappa shape index (κ2) is 2.82. The van der Waals surface area contributed by atoms with E-state index in [4.69, 9.17) is 5.11 Å². The maximum absolute atomic E-state index is 10.5. The summed E-state index contributed by atoms with van der Waals surface area (Å²) >= 11 is 0. The van der Waals surface area contributed by atoms with Crippen LogP contribution in [0.25, 0.3) is 0 Å². The molecule has 3 nitrogen and oxygen atoms in total. The van der Waals surface area contributed by atoms with E-state index in [0.717, 1.165) is 6.42 Å². The predicted octanol–water partition coefficient (Wildman–Crippen LogP) is -0.495. The number of aliphatic hydroxyl groups excluding tert-OH is 1. The highest BCUT2D eigenvalue weighted by Crippen LogP contribution is 2.08. The summed E-state index contributed by atoms with van der Waals surface area (Å²) in [5, 5.41) is 11.3. The van der Waals surface area contributed by atoms with Crippen molar-refractivity contribution in [3.05, 3.63) is 0 Å². The number of carbonyl (C=O) groups excluding carboxylic acids is 1. The van der Waals surface area contributed by atoms with Gasteiger partial charge in [-0.05, 0) is 12.3 Å². The minimum atomic E-state index is 0.111. The van der Waals surface area contributed by atoms with E-state index >= 15 is 0 Å². The normalized spacial score (nSPS) is 27.7. The van der Waals surface area contributed by atoms with Crippen molar-refractivity contribution >= 4 is 5.91 Å². The molecule has 0 spiro atoms. The lowest BCUT2D eigenvalue weighted by Gasteiger charge is -2.19. The molecular formula is C6H11NO2. The summed E-state index contributed by atoms with van der Waals surface area (Å²) in [5.74, 6) is 0.405. The SMILES string of the molecule is O=C1CCC(CO)CN1. The van der Waals surface area contributed by atoms with Crippen LogP contribution in [-0.4, -0.2) is 24.2 Å². The standard InChI is InChI=1S/C6H11NO2/c8-4-5-1-2-6(9)7-3-5/h5,8H,1-4H2,(H,7,9). The van der Waals surface area contributed by atoms with Crippen LogP contribution in [0.4, 0.5) is 0 Å². The highest BCUT2D eigenvalue weighted by Gasteiger charge is 2.15. The second-order valence-corrected chi connectivity index (χ2v) is 2.39. The zero-order valence-electron chi connectivity index (χ0n) is 5.26. The quantitative estimate of drug-likeness (QED) is 0.501. The maximum Gasteiger partial charge on any atom is 0.220 e. The van der Waals surface area contributed by atoms with E-state index < -0.39 is 0 Å². The van der Waals surface area contributed by atoms with Crippen LogP contribution in [0, 0.1) is 5.92 Å². The first-order valence-corrected chi connectivity index (χ1v) is 3.20. The summed E-state index contributed by atoms with van der Waals surface area (Å²) in [4.78, 5) is 10.5. The molecule has 1 unspecified atom stereocenters. The number of hydrogen-bond donors (Lipinski definition) is 2. The summed E-state index contributed by atoms with van der Waals surface area (Å²) < 4.78 is 0. The van der Waals surface area contributed by atoms with Gasteiger partial charge in [-0.1, -0.05) is 0 Å². The summed E-state index contributed by atoms with van der Waals surface area (Å²) in [6, 6.07) is 0. The van der Waals surface area contributed by atoms with Gasteiger partial charge in [-0.25, -0.2) is 0 Å². The summed E-state index contributed by atoms with van der Waals surface area (Å²) in [6.07, 6.45) is 1.41. The molecule has 1 aliphatic heterocycles. The second-order valence-electron chi connectivity index (χ2n) is 2.39. The van der Waals surface area contributed by atoms with Crippen molar-refractivity contribution < 1.29 is 9.90 Å². The average molecular weight is 129 g/mol. The largest absolute Gasteiger partial charge is 0.396 e. The lowest BCUT2D eigenvalue weighted by atomic mass is 10.0. The van der Waals surface area contributed by atoms with Gasteiger partial charge < -0.3 is 10.4 Å². The molecule has 9 heavy (non-hydrogen) atoms. The number of piperidine rings is 1. The van der Waals surface area contributed by atoms with Crippen LogP contribution in [-0.2, 0) is 4.79 Å². The number of carbonyl (C=O) groups is 1. The van der Waals surface area contributed by atoms with Crippen molar-refractivity contribution in [2.24, 2.45) is 5.92 Å². The minimum absolute atomic E-state index is 0.111. The fourth-order valence-electron chi connectivity index (χ4n) is 0.940.